The van der Waals surface area contributed by atoms with E-state index in [4.69, 9.17) is 9.47 Å². The standard InChI is InChI=1S/C14H21N3O2/c1-2-18-14-10-15-9-13(16-14)17-7-8-19-12-6-4-3-5-11(12)17/h9-12H,2-8H2,1H3/t11-,12-/m0/s1. The minimum absolute atomic E-state index is 0.361. The van der Waals surface area contributed by atoms with E-state index in [0.29, 0.717) is 24.6 Å². The average Bonchev–Trinajstić information content (AvgIpc) is 2.47. The van der Waals surface area contributed by atoms with E-state index in [-0.39, 0.29) is 0 Å². The summed E-state index contributed by atoms with van der Waals surface area (Å²) in [5.41, 5.74) is 0. The maximum Gasteiger partial charge on any atom is 0.234 e. The Hall–Kier alpha value is -1.36. The first kappa shape index (κ1) is 12.7. The van der Waals surface area contributed by atoms with E-state index >= 15 is 0 Å². The first-order valence-corrected chi connectivity index (χ1v) is 7.21. The summed E-state index contributed by atoms with van der Waals surface area (Å²) >= 11 is 0. The highest BCUT2D eigenvalue weighted by molar-refractivity contribution is 5.40. The van der Waals surface area contributed by atoms with Crippen molar-refractivity contribution in [2.75, 3.05) is 24.7 Å². The zero-order valence-corrected chi connectivity index (χ0v) is 11.4. The first-order chi connectivity index (χ1) is 9.38. The molecule has 2 heterocycles. The molecule has 19 heavy (non-hydrogen) atoms. The van der Waals surface area contributed by atoms with Crippen molar-refractivity contribution in [3.8, 4) is 5.88 Å². The quantitative estimate of drug-likeness (QED) is 0.835. The van der Waals surface area contributed by atoms with E-state index in [2.05, 4.69) is 14.9 Å². The lowest BCUT2D eigenvalue weighted by Gasteiger charge is -2.44. The molecule has 0 bridgehead atoms. The van der Waals surface area contributed by atoms with Crippen LogP contribution in [0.25, 0.3) is 0 Å². The summed E-state index contributed by atoms with van der Waals surface area (Å²) in [5, 5.41) is 0. The molecule has 0 amide bonds. The van der Waals surface area contributed by atoms with Gasteiger partial charge >= 0.3 is 0 Å². The van der Waals surface area contributed by atoms with Crippen LogP contribution in [0.15, 0.2) is 12.4 Å². The summed E-state index contributed by atoms with van der Waals surface area (Å²) in [5.74, 6) is 1.53. The highest BCUT2D eigenvalue weighted by Crippen LogP contribution is 2.31. The molecular formula is C14H21N3O2. The lowest BCUT2D eigenvalue weighted by molar-refractivity contribution is -0.00905. The van der Waals surface area contributed by atoms with Crippen LogP contribution in [0.1, 0.15) is 32.6 Å². The van der Waals surface area contributed by atoms with Crippen molar-refractivity contribution in [3.63, 3.8) is 0 Å². The van der Waals surface area contributed by atoms with Crippen molar-refractivity contribution in [2.24, 2.45) is 0 Å². The van der Waals surface area contributed by atoms with Gasteiger partial charge in [-0.1, -0.05) is 12.8 Å². The number of fused-ring (bicyclic) bond motifs is 1. The van der Waals surface area contributed by atoms with Crippen LogP contribution >= 0.6 is 0 Å². The maximum atomic E-state index is 5.89. The fraction of sp³-hybridized carbons (Fsp3) is 0.714. The average molecular weight is 263 g/mol. The Labute approximate surface area is 113 Å². The SMILES string of the molecule is CCOc1cncc(N2CCO[C@H]3CCCC[C@@H]32)n1. The van der Waals surface area contributed by atoms with Crippen LogP contribution in [-0.4, -0.2) is 41.9 Å². The Kier molecular flexibility index (Phi) is 3.82. The lowest BCUT2D eigenvalue weighted by atomic mass is 9.90. The summed E-state index contributed by atoms with van der Waals surface area (Å²) in [4.78, 5) is 11.2. The number of anilines is 1. The minimum Gasteiger partial charge on any atom is -0.477 e. The molecule has 1 aromatic rings. The van der Waals surface area contributed by atoms with Crippen LogP contribution in [0, 0.1) is 0 Å². The fourth-order valence-corrected chi connectivity index (χ4v) is 3.08. The molecule has 0 radical (unpaired) electrons. The molecule has 0 N–H and O–H groups in total. The third-order valence-corrected chi connectivity index (χ3v) is 3.92. The van der Waals surface area contributed by atoms with E-state index in [1.54, 1.807) is 6.20 Å². The van der Waals surface area contributed by atoms with Crippen LogP contribution < -0.4 is 9.64 Å². The van der Waals surface area contributed by atoms with Crippen LogP contribution in [0.2, 0.25) is 0 Å². The molecule has 0 unspecified atom stereocenters. The van der Waals surface area contributed by atoms with Gasteiger partial charge in [-0.15, -0.1) is 0 Å². The third kappa shape index (κ3) is 2.66. The van der Waals surface area contributed by atoms with Gasteiger partial charge in [-0.05, 0) is 19.8 Å². The Morgan fingerprint density at radius 2 is 2.26 bits per heavy atom. The zero-order chi connectivity index (χ0) is 13.1. The van der Waals surface area contributed by atoms with Gasteiger partial charge in [0.15, 0.2) is 5.82 Å². The van der Waals surface area contributed by atoms with Gasteiger partial charge < -0.3 is 14.4 Å². The van der Waals surface area contributed by atoms with E-state index in [0.717, 1.165) is 19.0 Å². The van der Waals surface area contributed by atoms with Gasteiger partial charge in [0.25, 0.3) is 0 Å². The van der Waals surface area contributed by atoms with E-state index in [1.165, 1.54) is 25.7 Å². The predicted octanol–water partition coefficient (Wildman–Crippen LogP) is 2.02. The summed E-state index contributed by atoms with van der Waals surface area (Å²) in [6.45, 7) is 4.25. The third-order valence-electron chi connectivity index (χ3n) is 3.92. The van der Waals surface area contributed by atoms with Crippen molar-refractivity contribution in [1.29, 1.82) is 0 Å². The van der Waals surface area contributed by atoms with Gasteiger partial charge in [-0.25, -0.2) is 0 Å². The van der Waals surface area contributed by atoms with Crippen LogP contribution in [-0.2, 0) is 4.74 Å². The molecule has 104 valence electrons. The molecule has 2 aliphatic rings. The summed E-state index contributed by atoms with van der Waals surface area (Å²) < 4.78 is 11.3. The fourth-order valence-electron chi connectivity index (χ4n) is 3.08. The molecule has 5 heteroatoms. The number of aromatic nitrogens is 2. The number of morpholine rings is 1. The molecule has 3 rings (SSSR count). The van der Waals surface area contributed by atoms with Gasteiger partial charge in [-0.2, -0.15) is 4.98 Å². The Morgan fingerprint density at radius 1 is 1.37 bits per heavy atom. The number of hydrogen-bond donors (Lipinski definition) is 0. The van der Waals surface area contributed by atoms with Gasteiger partial charge in [-0.3, -0.25) is 4.98 Å². The predicted molar refractivity (Wildman–Crippen MR) is 72.5 cm³/mol. The molecule has 1 aliphatic heterocycles. The van der Waals surface area contributed by atoms with Crippen molar-refractivity contribution < 1.29 is 9.47 Å². The summed E-state index contributed by atoms with van der Waals surface area (Å²) in [7, 11) is 0. The van der Waals surface area contributed by atoms with Crippen molar-refractivity contribution in [3.05, 3.63) is 12.4 Å². The van der Waals surface area contributed by atoms with E-state index < -0.39 is 0 Å². The van der Waals surface area contributed by atoms with Crippen molar-refractivity contribution in [2.45, 2.75) is 44.8 Å². The van der Waals surface area contributed by atoms with Gasteiger partial charge in [0, 0.05) is 6.54 Å². The number of nitrogens with zero attached hydrogens (tertiary/aromatic N) is 3. The molecule has 0 spiro atoms. The van der Waals surface area contributed by atoms with Crippen LogP contribution in [0.3, 0.4) is 0 Å². The lowest BCUT2D eigenvalue weighted by Crippen LogP contribution is -2.53. The Morgan fingerprint density at radius 3 is 3.16 bits per heavy atom. The number of ether oxygens (including phenoxy) is 2. The molecule has 5 nitrogen and oxygen atoms in total. The van der Waals surface area contributed by atoms with Crippen LogP contribution in [0.5, 0.6) is 5.88 Å². The molecule has 2 fully saturated rings. The van der Waals surface area contributed by atoms with E-state index in [1.807, 2.05) is 13.1 Å². The second-order valence-corrected chi connectivity index (χ2v) is 5.10. The second-order valence-electron chi connectivity index (χ2n) is 5.10. The van der Waals surface area contributed by atoms with Crippen LogP contribution in [0.4, 0.5) is 5.82 Å². The highest BCUT2D eigenvalue weighted by atomic mass is 16.5. The molecule has 1 aliphatic carbocycles. The van der Waals surface area contributed by atoms with Gasteiger partial charge in [0.2, 0.25) is 5.88 Å². The Balaban J connectivity index is 1.81. The van der Waals surface area contributed by atoms with Crippen molar-refractivity contribution >= 4 is 5.82 Å². The molecule has 1 saturated carbocycles. The van der Waals surface area contributed by atoms with Gasteiger partial charge in [0.1, 0.15) is 0 Å². The largest absolute Gasteiger partial charge is 0.477 e. The minimum atomic E-state index is 0.361. The molecule has 0 aromatic carbocycles. The Bertz CT molecular complexity index is 425. The number of rotatable bonds is 3. The van der Waals surface area contributed by atoms with Gasteiger partial charge in [0.05, 0.1) is 37.8 Å². The molecule has 1 saturated heterocycles. The molecule has 1 aromatic heterocycles. The number of hydrogen-bond acceptors (Lipinski definition) is 5. The molecule has 2 atom stereocenters. The maximum absolute atomic E-state index is 5.89. The molecular weight excluding hydrogens is 242 g/mol. The zero-order valence-electron chi connectivity index (χ0n) is 11.4. The highest BCUT2D eigenvalue weighted by Gasteiger charge is 2.35. The monoisotopic (exact) mass is 263 g/mol. The summed E-state index contributed by atoms with van der Waals surface area (Å²) in [6.07, 6.45) is 8.77. The van der Waals surface area contributed by atoms with E-state index in [9.17, 15) is 0 Å². The first-order valence-electron chi connectivity index (χ1n) is 7.21. The van der Waals surface area contributed by atoms with Crippen molar-refractivity contribution in [1.82, 2.24) is 9.97 Å². The topological polar surface area (TPSA) is 47.5 Å². The smallest absolute Gasteiger partial charge is 0.234 e. The summed E-state index contributed by atoms with van der Waals surface area (Å²) in [6, 6.07) is 0.452. The normalized spacial score (nSPS) is 26.9. The second kappa shape index (κ2) is 5.74.